The lowest BCUT2D eigenvalue weighted by atomic mass is 10.3. The fourth-order valence-corrected chi connectivity index (χ4v) is 1.37. The molecule has 1 rings (SSSR count). The summed E-state index contributed by atoms with van der Waals surface area (Å²) in [6.07, 6.45) is 6.36. The molecule has 1 aromatic heterocycles. The molecule has 56 valence electrons. The van der Waals surface area contributed by atoms with E-state index in [1.54, 1.807) is 0 Å². The first-order valence-corrected chi connectivity index (χ1v) is 4.59. The fourth-order valence-electron chi connectivity index (χ4n) is 0.806. The van der Waals surface area contributed by atoms with Gasteiger partial charge in [0.1, 0.15) is 0 Å². The minimum absolute atomic E-state index is 1.09. The van der Waals surface area contributed by atoms with E-state index in [2.05, 4.69) is 39.1 Å². The third-order valence-electron chi connectivity index (χ3n) is 1.42. The number of halogens is 1. The first-order chi connectivity index (χ1) is 4.84. The van der Waals surface area contributed by atoms with Crippen molar-refractivity contribution in [3.63, 3.8) is 0 Å². The van der Waals surface area contributed by atoms with E-state index in [1.165, 1.54) is 12.8 Å². The van der Waals surface area contributed by atoms with Gasteiger partial charge < -0.3 is 4.57 Å². The van der Waals surface area contributed by atoms with Gasteiger partial charge in [-0.3, -0.25) is 0 Å². The molecule has 1 aromatic rings. The van der Waals surface area contributed by atoms with Crippen molar-refractivity contribution in [2.24, 2.45) is 0 Å². The molecule has 2 nitrogen and oxygen atoms in total. The lowest BCUT2D eigenvalue weighted by Gasteiger charge is -2.00. The maximum absolute atomic E-state index is 4.12. The van der Waals surface area contributed by atoms with Crippen molar-refractivity contribution in [2.75, 3.05) is 0 Å². The molecule has 0 spiro atoms. The molecule has 0 aliphatic heterocycles. The van der Waals surface area contributed by atoms with E-state index in [1.807, 2.05) is 12.4 Å². The monoisotopic (exact) mass is 250 g/mol. The standard InChI is InChI=1S/C7H11IN2/c1-2-3-5-10-6-4-9-7(10)8/h4,6H,2-3,5H2,1H3. The van der Waals surface area contributed by atoms with Crippen LogP contribution in [0.5, 0.6) is 0 Å². The van der Waals surface area contributed by atoms with Gasteiger partial charge in [-0.25, -0.2) is 4.98 Å². The second-order valence-corrected chi connectivity index (χ2v) is 3.21. The van der Waals surface area contributed by atoms with Crippen LogP contribution in [0.1, 0.15) is 19.8 Å². The highest BCUT2D eigenvalue weighted by atomic mass is 127. The van der Waals surface area contributed by atoms with Gasteiger partial charge in [0.25, 0.3) is 0 Å². The van der Waals surface area contributed by atoms with E-state index in [-0.39, 0.29) is 0 Å². The topological polar surface area (TPSA) is 17.8 Å². The quantitative estimate of drug-likeness (QED) is 0.752. The van der Waals surface area contributed by atoms with E-state index in [9.17, 15) is 0 Å². The van der Waals surface area contributed by atoms with Crippen molar-refractivity contribution in [2.45, 2.75) is 26.3 Å². The molecular formula is C7H11IN2. The number of hydrogen-bond acceptors (Lipinski definition) is 1. The Morgan fingerprint density at radius 2 is 2.50 bits per heavy atom. The Labute approximate surface area is 74.8 Å². The minimum atomic E-state index is 1.09. The van der Waals surface area contributed by atoms with Gasteiger partial charge in [-0.2, -0.15) is 0 Å². The average molecular weight is 250 g/mol. The van der Waals surface area contributed by atoms with Crippen LogP contribution in [0, 0.1) is 3.83 Å². The Bertz CT molecular complexity index is 195. The van der Waals surface area contributed by atoms with Gasteiger partial charge in [-0.05, 0) is 29.0 Å². The molecule has 1 heterocycles. The zero-order valence-corrected chi connectivity index (χ0v) is 8.21. The van der Waals surface area contributed by atoms with Crippen LogP contribution < -0.4 is 0 Å². The predicted octanol–water partition coefficient (Wildman–Crippen LogP) is 2.29. The molecule has 0 atom stereocenters. The lowest BCUT2D eigenvalue weighted by Crippen LogP contribution is -1.97. The Kier molecular flexibility index (Phi) is 3.18. The van der Waals surface area contributed by atoms with Gasteiger partial charge in [0.2, 0.25) is 0 Å². The number of unbranched alkanes of at least 4 members (excludes halogenated alkanes) is 1. The highest BCUT2D eigenvalue weighted by Crippen LogP contribution is 2.02. The number of aromatic nitrogens is 2. The number of rotatable bonds is 3. The molecule has 0 amide bonds. The summed E-state index contributed by atoms with van der Waals surface area (Å²) in [6, 6.07) is 0. The van der Waals surface area contributed by atoms with Gasteiger partial charge in [0, 0.05) is 18.9 Å². The lowest BCUT2D eigenvalue weighted by molar-refractivity contribution is 0.619. The van der Waals surface area contributed by atoms with Crippen LogP contribution in [0.3, 0.4) is 0 Å². The van der Waals surface area contributed by atoms with Crippen molar-refractivity contribution < 1.29 is 0 Å². The first kappa shape index (κ1) is 8.04. The van der Waals surface area contributed by atoms with Crippen LogP contribution in [-0.4, -0.2) is 9.55 Å². The molecule has 0 radical (unpaired) electrons. The van der Waals surface area contributed by atoms with Gasteiger partial charge in [0.15, 0.2) is 3.83 Å². The summed E-state index contributed by atoms with van der Waals surface area (Å²) in [5.74, 6) is 0. The molecular weight excluding hydrogens is 239 g/mol. The zero-order chi connectivity index (χ0) is 7.40. The average Bonchev–Trinajstić information content (AvgIpc) is 2.31. The Balaban J connectivity index is 2.49. The summed E-state index contributed by atoms with van der Waals surface area (Å²) in [7, 11) is 0. The zero-order valence-electron chi connectivity index (χ0n) is 6.05. The number of nitrogens with zero attached hydrogens (tertiary/aromatic N) is 2. The summed E-state index contributed by atoms with van der Waals surface area (Å²) >= 11 is 2.25. The Hall–Kier alpha value is -0.0600. The van der Waals surface area contributed by atoms with Gasteiger partial charge in [0.05, 0.1) is 0 Å². The summed E-state index contributed by atoms with van der Waals surface area (Å²) in [6.45, 7) is 3.30. The van der Waals surface area contributed by atoms with Crippen molar-refractivity contribution in [1.29, 1.82) is 0 Å². The molecule has 3 heteroatoms. The van der Waals surface area contributed by atoms with E-state index in [0.29, 0.717) is 0 Å². The Morgan fingerprint density at radius 3 is 3.00 bits per heavy atom. The summed E-state index contributed by atoms with van der Waals surface area (Å²) in [4.78, 5) is 4.12. The predicted molar refractivity (Wildman–Crippen MR) is 49.9 cm³/mol. The van der Waals surface area contributed by atoms with Crippen molar-refractivity contribution in [1.82, 2.24) is 9.55 Å². The van der Waals surface area contributed by atoms with Crippen LogP contribution in [0.2, 0.25) is 0 Å². The third kappa shape index (κ3) is 1.97. The molecule has 0 saturated heterocycles. The smallest absolute Gasteiger partial charge is 0.171 e. The van der Waals surface area contributed by atoms with Crippen LogP contribution >= 0.6 is 22.6 Å². The Morgan fingerprint density at radius 1 is 1.70 bits per heavy atom. The molecule has 0 unspecified atom stereocenters. The summed E-state index contributed by atoms with van der Waals surface area (Å²) in [5.41, 5.74) is 0. The number of hydrogen-bond donors (Lipinski definition) is 0. The van der Waals surface area contributed by atoms with Crippen molar-refractivity contribution in [3.8, 4) is 0 Å². The molecule has 0 N–H and O–H groups in total. The van der Waals surface area contributed by atoms with E-state index in [4.69, 9.17) is 0 Å². The first-order valence-electron chi connectivity index (χ1n) is 3.51. The summed E-state index contributed by atoms with van der Waals surface area (Å²) < 4.78 is 3.26. The molecule has 0 aliphatic rings. The van der Waals surface area contributed by atoms with Crippen LogP contribution in [0.25, 0.3) is 0 Å². The van der Waals surface area contributed by atoms with Crippen LogP contribution in [-0.2, 0) is 6.54 Å². The largest absolute Gasteiger partial charge is 0.326 e. The van der Waals surface area contributed by atoms with Crippen LogP contribution in [0.4, 0.5) is 0 Å². The second kappa shape index (κ2) is 3.95. The normalized spacial score (nSPS) is 10.2. The molecule has 10 heavy (non-hydrogen) atoms. The number of imidazole rings is 1. The maximum Gasteiger partial charge on any atom is 0.171 e. The van der Waals surface area contributed by atoms with E-state index in [0.717, 1.165) is 10.4 Å². The number of aryl methyl sites for hydroxylation is 1. The molecule has 0 saturated carbocycles. The SMILES string of the molecule is CCCCn1ccnc1I. The van der Waals surface area contributed by atoms with Crippen molar-refractivity contribution in [3.05, 3.63) is 16.2 Å². The fraction of sp³-hybridized carbons (Fsp3) is 0.571. The van der Waals surface area contributed by atoms with E-state index >= 15 is 0 Å². The van der Waals surface area contributed by atoms with E-state index < -0.39 is 0 Å². The van der Waals surface area contributed by atoms with Crippen molar-refractivity contribution >= 4 is 22.6 Å². The van der Waals surface area contributed by atoms with Gasteiger partial charge in [-0.15, -0.1) is 0 Å². The molecule has 0 fully saturated rings. The van der Waals surface area contributed by atoms with Gasteiger partial charge >= 0.3 is 0 Å². The summed E-state index contributed by atoms with van der Waals surface area (Å²) in [5, 5.41) is 0. The third-order valence-corrected chi connectivity index (χ3v) is 2.32. The highest BCUT2D eigenvalue weighted by Gasteiger charge is 1.94. The second-order valence-electron chi connectivity index (χ2n) is 2.24. The molecule has 0 bridgehead atoms. The minimum Gasteiger partial charge on any atom is -0.326 e. The van der Waals surface area contributed by atoms with Gasteiger partial charge in [-0.1, -0.05) is 13.3 Å². The molecule has 0 aromatic carbocycles. The maximum atomic E-state index is 4.12. The highest BCUT2D eigenvalue weighted by molar-refractivity contribution is 14.1. The van der Waals surface area contributed by atoms with Crippen LogP contribution in [0.15, 0.2) is 12.4 Å². The molecule has 0 aliphatic carbocycles.